The maximum absolute atomic E-state index is 10.6. The highest BCUT2D eigenvalue weighted by Crippen LogP contribution is 2.23. The van der Waals surface area contributed by atoms with Gasteiger partial charge in [-0.25, -0.2) is 0 Å². The van der Waals surface area contributed by atoms with Gasteiger partial charge in [-0.1, -0.05) is 23.7 Å². The molecule has 0 atom stereocenters. The number of nitriles is 1. The van der Waals surface area contributed by atoms with E-state index in [0.29, 0.717) is 18.0 Å². The van der Waals surface area contributed by atoms with Crippen LogP contribution in [-0.4, -0.2) is 4.92 Å². The molecule has 0 amide bonds. The lowest BCUT2D eigenvalue weighted by atomic mass is 10.1. The van der Waals surface area contributed by atoms with E-state index in [1.54, 1.807) is 6.07 Å². The van der Waals surface area contributed by atoms with Gasteiger partial charge in [0.25, 0.3) is 5.69 Å². The summed E-state index contributed by atoms with van der Waals surface area (Å²) in [6, 6.07) is 14.0. The standard InChI is InChI=1S/C15H12ClN3O2/c16-15-9-14(19(20)21)6-3-12(15)10-18-13-4-1-11(2-5-13)7-8-17/h1-6,9,18H,7,10H2. The molecule has 0 fully saturated rings. The molecule has 2 aromatic rings. The zero-order valence-electron chi connectivity index (χ0n) is 11.0. The number of non-ortho nitro benzene ring substituents is 1. The summed E-state index contributed by atoms with van der Waals surface area (Å²) in [6.07, 6.45) is 0.383. The summed E-state index contributed by atoms with van der Waals surface area (Å²) in [7, 11) is 0. The van der Waals surface area contributed by atoms with Crippen LogP contribution in [0.1, 0.15) is 11.1 Å². The number of nitrogens with one attached hydrogen (secondary N) is 1. The Kier molecular flexibility index (Phi) is 4.75. The molecule has 0 saturated heterocycles. The van der Waals surface area contributed by atoms with Crippen LogP contribution in [0.15, 0.2) is 42.5 Å². The lowest BCUT2D eigenvalue weighted by molar-refractivity contribution is -0.384. The van der Waals surface area contributed by atoms with Gasteiger partial charge in [0.2, 0.25) is 0 Å². The zero-order chi connectivity index (χ0) is 15.2. The van der Waals surface area contributed by atoms with Gasteiger partial charge in [0, 0.05) is 24.4 Å². The number of halogens is 1. The number of nitro benzene ring substituents is 1. The first-order valence-corrected chi connectivity index (χ1v) is 6.60. The number of nitrogens with zero attached hydrogens (tertiary/aromatic N) is 2. The molecule has 2 rings (SSSR count). The molecule has 0 saturated carbocycles. The first kappa shape index (κ1) is 14.8. The van der Waals surface area contributed by atoms with Gasteiger partial charge in [-0.3, -0.25) is 10.1 Å². The fraction of sp³-hybridized carbons (Fsp3) is 0.133. The van der Waals surface area contributed by atoms with Crippen molar-refractivity contribution in [3.8, 4) is 6.07 Å². The zero-order valence-corrected chi connectivity index (χ0v) is 11.8. The summed E-state index contributed by atoms with van der Waals surface area (Å²) in [5.74, 6) is 0. The molecule has 0 spiro atoms. The van der Waals surface area contributed by atoms with E-state index >= 15 is 0 Å². The Balaban J connectivity index is 2.03. The molecule has 21 heavy (non-hydrogen) atoms. The average Bonchev–Trinajstić information content (AvgIpc) is 2.47. The number of nitro groups is 1. The maximum Gasteiger partial charge on any atom is 0.270 e. The number of hydrogen-bond donors (Lipinski definition) is 1. The quantitative estimate of drug-likeness (QED) is 0.670. The fourth-order valence-corrected chi connectivity index (χ4v) is 2.06. The molecular weight excluding hydrogens is 290 g/mol. The molecule has 5 nitrogen and oxygen atoms in total. The van der Waals surface area contributed by atoms with Crippen molar-refractivity contribution in [2.45, 2.75) is 13.0 Å². The second-order valence-corrected chi connectivity index (χ2v) is 4.83. The monoisotopic (exact) mass is 301 g/mol. The molecule has 0 aromatic heterocycles. The summed E-state index contributed by atoms with van der Waals surface area (Å²) in [5.41, 5.74) is 2.61. The fourth-order valence-electron chi connectivity index (χ4n) is 1.82. The van der Waals surface area contributed by atoms with Crippen LogP contribution in [0.25, 0.3) is 0 Å². The van der Waals surface area contributed by atoms with Crippen LogP contribution in [0.4, 0.5) is 11.4 Å². The van der Waals surface area contributed by atoms with Crippen molar-refractivity contribution in [2.24, 2.45) is 0 Å². The van der Waals surface area contributed by atoms with Crippen LogP contribution in [-0.2, 0) is 13.0 Å². The number of anilines is 1. The summed E-state index contributed by atoms with van der Waals surface area (Å²) in [4.78, 5) is 10.2. The highest BCUT2D eigenvalue weighted by atomic mass is 35.5. The first-order chi connectivity index (χ1) is 10.1. The van der Waals surface area contributed by atoms with Gasteiger partial charge in [-0.05, 0) is 29.3 Å². The largest absolute Gasteiger partial charge is 0.381 e. The van der Waals surface area contributed by atoms with Gasteiger partial charge in [-0.15, -0.1) is 0 Å². The molecule has 0 aliphatic carbocycles. The predicted octanol–water partition coefficient (Wildman–Crippen LogP) is 3.93. The third-order valence-corrected chi connectivity index (χ3v) is 3.32. The minimum Gasteiger partial charge on any atom is -0.381 e. The Bertz CT molecular complexity index is 693. The van der Waals surface area contributed by atoms with Gasteiger partial charge < -0.3 is 5.32 Å². The third-order valence-electron chi connectivity index (χ3n) is 2.97. The van der Waals surface area contributed by atoms with Gasteiger partial charge in [0.05, 0.1) is 22.4 Å². The number of benzene rings is 2. The SMILES string of the molecule is N#CCc1ccc(NCc2ccc([N+](=O)[O-])cc2Cl)cc1. The predicted molar refractivity (Wildman–Crippen MR) is 81.2 cm³/mol. The van der Waals surface area contributed by atoms with Crippen molar-refractivity contribution in [2.75, 3.05) is 5.32 Å². The molecule has 0 heterocycles. The Morgan fingerprint density at radius 2 is 1.95 bits per heavy atom. The summed E-state index contributed by atoms with van der Waals surface area (Å²) in [6.45, 7) is 0.467. The van der Waals surface area contributed by atoms with Gasteiger partial charge in [0.15, 0.2) is 0 Å². The highest BCUT2D eigenvalue weighted by Gasteiger charge is 2.09. The van der Waals surface area contributed by atoms with E-state index in [9.17, 15) is 10.1 Å². The molecule has 0 bridgehead atoms. The van der Waals surface area contributed by atoms with Gasteiger partial charge in [-0.2, -0.15) is 5.26 Å². The van der Waals surface area contributed by atoms with E-state index in [1.165, 1.54) is 12.1 Å². The summed E-state index contributed by atoms with van der Waals surface area (Å²) < 4.78 is 0. The van der Waals surface area contributed by atoms with Crippen LogP contribution < -0.4 is 5.32 Å². The highest BCUT2D eigenvalue weighted by molar-refractivity contribution is 6.31. The molecule has 0 aliphatic rings. The van der Waals surface area contributed by atoms with Crippen molar-refractivity contribution < 1.29 is 4.92 Å². The minimum atomic E-state index is -0.475. The lowest BCUT2D eigenvalue weighted by Crippen LogP contribution is -2.00. The van der Waals surface area contributed by atoms with Crippen molar-refractivity contribution in [1.82, 2.24) is 0 Å². The number of hydrogen-bond acceptors (Lipinski definition) is 4. The molecule has 106 valence electrons. The van der Waals surface area contributed by atoms with Crippen LogP contribution >= 0.6 is 11.6 Å². The Morgan fingerprint density at radius 1 is 1.24 bits per heavy atom. The van der Waals surface area contributed by atoms with Crippen molar-refractivity contribution in [3.05, 3.63) is 68.7 Å². The third kappa shape index (κ3) is 3.94. The van der Waals surface area contributed by atoms with Crippen LogP contribution in [0.5, 0.6) is 0 Å². The topological polar surface area (TPSA) is 79.0 Å². The van der Waals surface area contributed by atoms with Crippen LogP contribution in [0.2, 0.25) is 5.02 Å². The van der Waals surface area contributed by atoms with E-state index in [-0.39, 0.29) is 5.69 Å². The van der Waals surface area contributed by atoms with E-state index in [0.717, 1.165) is 16.8 Å². The molecule has 6 heteroatoms. The van der Waals surface area contributed by atoms with Crippen molar-refractivity contribution in [1.29, 1.82) is 5.26 Å². The molecule has 0 aliphatic heterocycles. The Morgan fingerprint density at radius 3 is 2.52 bits per heavy atom. The van der Waals surface area contributed by atoms with E-state index in [4.69, 9.17) is 16.9 Å². The van der Waals surface area contributed by atoms with Crippen LogP contribution in [0, 0.1) is 21.4 Å². The Labute approximate surface area is 126 Å². The normalized spacial score (nSPS) is 9.90. The smallest absolute Gasteiger partial charge is 0.270 e. The van der Waals surface area contributed by atoms with E-state index in [2.05, 4.69) is 11.4 Å². The first-order valence-electron chi connectivity index (χ1n) is 6.22. The molecule has 1 N–H and O–H groups in total. The molecular formula is C15H12ClN3O2. The van der Waals surface area contributed by atoms with E-state index in [1.807, 2.05) is 24.3 Å². The second-order valence-electron chi connectivity index (χ2n) is 4.42. The molecule has 0 radical (unpaired) electrons. The lowest BCUT2D eigenvalue weighted by Gasteiger charge is -2.08. The molecule has 2 aromatic carbocycles. The Hall–Kier alpha value is -2.58. The van der Waals surface area contributed by atoms with Crippen molar-refractivity contribution in [3.63, 3.8) is 0 Å². The number of rotatable bonds is 5. The maximum atomic E-state index is 10.6. The minimum absolute atomic E-state index is 0.0235. The van der Waals surface area contributed by atoms with E-state index < -0.39 is 4.92 Å². The summed E-state index contributed by atoms with van der Waals surface area (Å²) >= 11 is 6.03. The second kappa shape index (κ2) is 6.73. The van der Waals surface area contributed by atoms with Crippen LogP contribution in [0.3, 0.4) is 0 Å². The van der Waals surface area contributed by atoms with Crippen molar-refractivity contribution >= 4 is 23.0 Å². The molecule has 0 unspecified atom stereocenters. The van der Waals surface area contributed by atoms with Gasteiger partial charge in [0.1, 0.15) is 0 Å². The summed E-state index contributed by atoms with van der Waals surface area (Å²) in [5, 5.41) is 22.8. The van der Waals surface area contributed by atoms with Gasteiger partial charge >= 0.3 is 0 Å². The average molecular weight is 302 g/mol.